The molecule has 0 aromatic heterocycles. The fraction of sp³-hybridized carbons (Fsp3) is 0.462. The predicted octanol–water partition coefficient (Wildman–Crippen LogP) is 3.80. The van der Waals surface area contributed by atoms with E-state index in [1.54, 1.807) is 0 Å². The van der Waals surface area contributed by atoms with Crippen molar-refractivity contribution in [2.45, 2.75) is 37.5 Å². The summed E-state index contributed by atoms with van der Waals surface area (Å²) in [5.41, 5.74) is 1.24. The molecule has 1 aromatic rings. The third kappa shape index (κ3) is 3.10. The van der Waals surface area contributed by atoms with Crippen LogP contribution in [0.3, 0.4) is 0 Å². The van der Waals surface area contributed by atoms with E-state index in [1.807, 2.05) is 12.1 Å². The number of aryl methyl sites for hydroxylation is 1. The van der Waals surface area contributed by atoms with Crippen LogP contribution in [-0.2, 0) is 4.79 Å². The van der Waals surface area contributed by atoms with Crippen LogP contribution in [0.15, 0.2) is 29.2 Å². The van der Waals surface area contributed by atoms with Crippen molar-refractivity contribution in [3.8, 4) is 0 Å². The molecule has 1 aliphatic carbocycles. The van der Waals surface area contributed by atoms with E-state index >= 15 is 0 Å². The zero-order chi connectivity index (χ0) is 10.7. The van der Waals surface area contributed by atoms with Crippen LogP contribution in [0.5, 0.6) is 0 Å². The van der Waals surface area contributed by atoms with E-state index in [0.717, 1.165) is 11.3 Å². The molecule has 0 N–H and O–H groups in total. The van der Waals surface area contributed by atoms with Crippen molar-refractivity contribution >= 4 is 16.9 Å². The van der Waals surface area contributed by atoms with E-state index in [-0.39, 0.29) is 0 Å². The smallest absolute Gasteiger partial charge is 0.193 e. The van der Waals surface area contributed by atoms with E-state index < -0.39 is 0 Å². The molecule has 1 aromatic carbocycles. The van der Waals surface area contributed by atoms with Gasteiger partial charge in [0.2, 0.25) is 0 Å². The third-order valence-electron chi connectivity index (χ3n) is 2.93. The summed E-state index contributed by atoms with van der Waals surface area (Å²) >= 11 is 1.39. The second kappa shape index (κ2) is 4.84. The lowest BCUT2D eigenvalue weighted by molar-refractivity contribution is -0.112. The maximum Gasteiger partial charge on any atom is 0.193 e. The molecule has 0 unspecified atom stereocenters. The van der Waals surface area contributed by atoms with Gasteiger partial charge in [-0.2, -0.15) is 0 Å². The topological polar surface area (TPSA) is 17.1 Å². The summed E-state index contributed by atoms with van der Waals surface area (Å²) in [6.45, 7) is 2.06. The summed E-state index contributed by atoms with van der Waals surface area (Å²) in [4.78, 5) is 12.7. The lowest BCUT2D eigenvalue weighted by Gasteiger charge is -2.23. The van der Waals surface area contributed by atoms with Crippen molar-refractivity contribution in [1.29, 1.82) is 0 Å². The van der Waals surface area contributed by atoms with Crippen molar-refractivity contribution < 1.29 is 4.79 Å². The van der Waals surface area contributed by atoms with Crippen LogP contribution in [0.25, 0.3) is 0 Å². The predicted molar refractivity (Wildman–Crippen MR) is 64.0 cm³/mol. The normalized spacial score (nSPS) is 16.1. The first-order chi connectivity index (χ1) is 7.24. The molecule has 15 heavy (non-hydrogen) atoms. The lowest BCUT2D eigenvalue weighted by Crippen LogP contribution is -2.14. The van der Waals surface area contributed by atoms with Crippen molar-refractivity contribution in [2.75, 3.05) is 0 Å². The van der Waals surface area contributed by atoms with E-state index in [4.69, 9.17) is 0 Å². The number of thioether (sulfide) groups is 1. The van der Waals surface area contributed by atoms with Gasteiger partial charge in [-0.25, -0.2) is 0 Å². The number of rotatable bonds is 3. The van der Waals surface area contributed by atoms with Gasteiger partial charge in [0.05, 0.1) is 0 Å². The summed E-state index contributed by atoms with van der Waals surface area (Å²) in [6.07, 6.45) is 4.58. The van der Waals surface area contributed by atoms with Gasteiger partial charge in [-0.15, -0.1) is 0 Å². The van der Waals surface area contributed by atoms with Gasteiger partial charge in [0.25, 0.3) is 0 Å². The van der Waals surface area contributed by atoms with E-state index in [1.165, 1.54) is 36.6 Å². The standard InChI is InChI=1S/C13H16OS/c1-10-5-7-12(8-6-10)15-13(14)9-11-3-2-4-11/h5-8,11H,2-4,9H2,1H3. The number of carbonyl (C=O) groups excluding carboxylic acids is 1. The maximum atomic E-state index is 11.7. The van der Waals surface area contributed by atoms with Crippen molar-refractivity contribution in [2.24, 2.45) is 5.92 Å². The Labute approximate surface area is 95.3 Å². The van der Waals surface area contributed by atoms with Crippen LogP contribution in [0.4, 0.5) is 0 Å². The molecule has 0 heterocycles. The molecule has 1 aliphatic rings. The average Bonchev–Trinajstić information content (AvgIpc) is 2.16. The molecule has 0 amide bonds. The fourth-order valence-corrected chi connectivity index (χ4v) is 2.57. The minimum Gasteiger partial charge on any atom is -0.287 e. The lowest BCUT2D eigenvalue weighted by atomic mass is 9.83. The first-order valence-corrected chi connectivity index (χ1v) is 6.33. The Morgan fingerprint density at radius 2 is 2.00 bits per heavy atom. The third-order valence-corrected chi connectivity index (χ3v) is 3.83. The highest BCUT2D eigenvalue weighted by molar-refractivity contribution is 8.13. The Morgan fingerprint density at radius 3 is 2.53 bits per heavy atom. The van der Waals surface area contributed by atoms with Crippen molar-refractivity contribution in [3.63, 3.8) is 0 Å². The highest BCUT2D eigenvalue weighted by Crippen LogP contribution is 2.32. The highest BCUT2D eigenvalue weighted by atomic mass is 32.2. The van der Waals surface area contributed by atoms with Gasteiger partial charge in [-0.05, 0) is 37.8 Å². The number of hydrogen-bond acceptors (Lipinski definition) is 2. The van der Waals surface area contributed by atoms with E-state index in [0.29, 0.717) is 11.0 Å². The van der Waals surface area contributed by atoms with Crippen LogP contribution in [0.2, 0.25) is 0 Å². The van der Waals surface area contributed by atoms with Crippen LogP contribution in [-0.4, -0.2) is 5.12 Å². The van der Waals surface area contributed by atoms with Crippen LogP contribution in [0.1, 0.15) is 31.2 Å². The van der Waals surface area contributed by atoms with Gasteiger partial charge in [0.1, 0.15) is 0 Å². The first-order valence-electron chi connectivity index (χ1n) is 5.51. The van der Waals surface area contributed by atoms with Crippen molar-refractivity contribution in [1.82, 2.24) is 0 Å². The molecule has 0 bridgehead atoms. The van der Waals surface area contributed by atoms with Gasteiger partial charge in [0.15, 0.2) is 5.12 Å². The quantitative estimate of drug-likeness (QED) is 0.721. The van der Waals surface area contributed by atoms with Crippen molar-refractivity contribution in [3.05, 3.63) is 29.8 Å². The average molecular weight is 220 g/mol. The number of hydrogen-bond donors (Lipinski definition) is 0. The zero-order valence-corrected chi connectivity index (χ0v) is 9.85. The molecule has 2 rings (SSSR count). The molecule has 2 heteroatoms. The molecule has 1 saturated carbocycles. The number of carbonyl (C=O) groups is 1. The summed E-state index contributed by atoms with van der Waals surface area (Å²) in [5, 5.41) is 0.323. The Morgan fingerprint density at radius 1 is 1.33 bits per heavy atom. The molecular weight excluding hydrogens is 204 g/mol. The maximum absolute atomic E-state index is 11.7. The van der Waals surface area contributed by atoms with Crippen LogP contribution < -0.4 is 0 Å². The minimum atomic E-state index is 0.323. The molecular formula is C13H16OS. The molecule has 0 radical (unpaired) electrons. The zero-order valence-electron chi connectivity index (χ0n) is 9.03. The minimum absolute atomic E-state index is 0.323. The summed E-state index contributed by atoms with van der Waals surface area (Å²) in [6, 6.07) is 8.16. The Bertz CT molecular complexity index is 338. The van der Waals surface area contributed by atoms with Gasteiger partial charge in [-0.1, -0.05) is 35.9 Å². The van der Waals surface area contributed by atoms with E-state index in [2.05, 4.69) is 19.1 Å². The molecule has 80 valence electrons. The van der Waals surface area contributed by atoms with Gasteiger partial charge in [-0.3, -0.25) is 4.79 Å². The van der Waals surface area contributed by atoms with Gasteiger partial charge < -0.3 is 0 Å². The van der Waals surface area contributed by atoms with Gasteiger partial charge in [0, 0.05) is 11.3 Å². The summed E-state index contributed by atoms with van der Waals surface area (Å²) in [5.74, 6) is 0.676. The second-order valence-corrected chi connectivity index (χ2v) is 5.42. The Hall–Kier alpha value is -0.760. The molecule has 0 spiro atoms. The largest absolute Gasteiger partial charge is 0.287 e. The Balaban J connectivity index is 1.84. The molecule has 0 saturated heterocycles. The summed E-state index contributed by atoms with van der Waals surface area (Å²) < 4.78 is 0. The highest BCUT2D eigenvalue weighted by Gasteiger charge is 2.20. The second-order valence-electron chi connectivity index (χ2n) is 4.29. The number of benzene rings is 1. The van der Waals surface area contributed by atoms with E-state index in [9.17, 15) is 4.79 Å². The molecule has 1 nitrogen and oxygen atoms in total. The monoisotopic (exact) mass is 220 g/mol. The van der Waals surface area contributed by atoms with Crippen LogP contribution >= 0.6 is 11.8 Å². The fourth-order valence-electron chi connectivity index (χ4n) is 1.71. The molecule has 1 fully saturated rings. The first kappa shape index (κ1) is 10.7. The summed E-state index contributed by atoms with van der Waals surface area (Å²) in [7, 11) is 0. The Kier molecular flexibility index (Phi) is 3.47. The van der Waals surface area contributed by atoms with Crippen LogP contribution in [0, 0.1) is 12.8 Å². The molecule has 0 aliphatic heterocycles. The SMILES string of the molecule is Cc1ccc(SC(=O)CC2CCC2)cc1. The van der Waals surface area contributed by atoms with Gasteiger partial charge >= 0.3 is 0 Å². The molecule has 0 atom stereocenters.